The Hall–Kier alpha value is -1.35. The highest BCUT2D eigenvalue weighted by Crippen LogP contribution is 2.25. The first-order valence-electron chi connectivity index (χ1n) is 7.24. The Balaban J connectivity index is 2.73. The zero-order chi connectivity index (χ0) is 15.3. The van der Waals surface area contributed by atoms with Crippen LogP contribution in [0.2, 0.25) is 0 Å². The third-order valence-electron chi connectivity index (χ3n) is 3.54. The minimum Gasteiger partial charge on any atom is -0.341 e. The summed E-state index contributed by atoms with van der Waals surface area (Å²) >= 11 is 0. The van der Waals surface area contributed by atoms with Gasteiger partial charge in [0, 0.05) is 20.1 Å². The molecular weight excluding hydrogens is 248 g/mol. The van der Waals surface area contributed by atoms with Crippen molar-refractivity contribution < 1.29 is 4.79 Å². The predicted molar refractivity (Wildman–Crippen MR) is 84.3 cm³/mol. The monoisotopic (exact) mass is 276 g/mol. The molecule has 0 radical (unpaired) electrons. The molecule has 1 atom stereocenters. The first-order valence-corrected chi connectivity index (χ1v) is 7.24. The van der Waals surface area contributed by atoms with E-state index in [0.29, 0.717) is 13.1 Å². The minimum absolute atomic E-state index is 0.0935. The molecular formula is C17H28N2O. The van der Waals surface area contributed by atoms with Crippen molar-refractivity contribution in [2.24, 2.45) is 17.1 Å². The third kappa shape index (κ3) is 4.97. The molecule has 0 spiro atoms. The van der Waals surface area contributed by atoms with Crippen molar-refractivity contribution in [2.75, 3.05) is 13.6 Å². The zero-order valence-corrected chi connectivity index (χ0v) is 13.4. The highest BCUT2D eigenvalue weighted by Gasteiger charge is 2.26. The van der Waals surface area contributed by atoms with Crippen LogP contribution < -0.4 is 5.73 Å². The van der Waals surface area contributed by atoms with E-state index >= 15 is 0 Å². The molecule has 0 heterocycles. The molecule has 1 aromatic rings. The second kappa shape index (κ2) is 6.89. The standard InChI is InChI=1S/C17H28N2O/c1-13-8-6-7-9-14(13)12-19(5)16(20)15(11-18)10-17(2,3)4/h6-9,15H,10-12,18H2,1-5H3. The number of carbonyl (C=O) groups is 1. The molecule has 3 heteroatoms. The summed E-state index contributed by atoms with van der Waals surface area (Å²) in [6.45, 7) is 9.56. The van der Waals surface area contributed by atoms with Crippen LogP contribution in [0.1, 0.15) is 38.3 Å². The largest absolute Gasteiger partial charge is 0.341 e. The molecule has 0 saturated heterocycles. The van der Waals surface area contributed by atoms with Crippen molar-refractivity contribution in [2.45, 2.75) is 40.7 Å². The number of hydrogen-bond donors (Lipinski definition) is 1. The lowest BCUT2D eigenvalue weighted by Gasteiger charge is -2.28. The molecule has 3 nitrogen and oxygen atoms in total. The van der Waals surface area contributed by atoms with Gasteiger partial charge in [0.05, 0.1) is 5.92 Å². The van der Waals surface area contributed by atoms with Gasteiger partial charge in [-0.25, -0.2) is 0 Å². The van der Waals surface area contributed by atoms with E-state index in [1.54, 1.807) is 4.90 Å². The maximum absolute atomic E-state index is 12.5. The van der Waals surface area contributed by atoms with Gasteiger partial charge >= 0.3 is 0 Å². The molecule has 1 unspecified atom stereocenters. The van der Waals surface area contributed by atoms with Crippen LogP contribution in [0.3, 0.4) is 0 Å². The smallest absolute Gasteiger partial charge is 0.227 e. The van der Waals surface area contributed by atoms with E-state index in [1.807, 2.05) is 19.2 Å². The van der Waals surface area contributed by atoms with Gasteiger partial charge in [-0.05, 0) is 29.9 Å². The maximum atomic E-state index is 12.5. The van der Waals surface area contributed by atoms with E-state index in [1.165, 1.54) is 11.1 Å². The number of nitrogens with two attached hydrogens (primary N) is 1. The van der Waals surface area contributed by atoms with Crippen LogP contribution in [0.15, 0.2) is 24.3 Å². The topological polar surface area (TPSA) is 46.3 Å². The second-order valence-electron chi connectivity index (χ2n) is 6.82. The maximum Gasteiger partial charge on any atom is 0.227 e. The van der Waals surface area contributed by atoms with Crippen molar-refractivity contribution >= 4 is 5.91 Å². The molecule has 0 aliphatic heterocycles. The first kappa shape index (κ1) is 16.7. The van der Waals surface area contributed by atoms with Gasteiger partial charge in [0.15, 0.2) is 0 Å². The average molecular weight is 276 g/mol. The Bertz CT molecular complexity index is 449. The summed E-state index contributed by atoms with van der Waals surface area (Å²) in [6, 6.07) is 8.17. The number of nitrogens with zero attached hydrogens (tertiary/aromatic N) is 1. The molecule has 0 bridgehead atoms. The number of benzene rings is 1. The van der Waals surface area contributed by atoms with Crippen LogP contribution in [-0.2, 0) is 11.3 Å². The number of rotatable bonds is 5. The fraction of sp³-hybridized carbons (Fsp3) is 0.588. The molecule has 20 heavy (non-hydrogen) atoms. The van der Waals surface area contributed by atoms with Crippen LogP contribution in [0.4, 0.5) is 0 Å². The van der Waals surface area contributed by atoms with Crippen molar-refractivity contribution in [1.29, 1.82) is 0 Å². The van der Waals surface area contributed by atoms with Crippen LogP contribution in [0.5, 0.6) is 0 Å². The van der Waals surface area contributed by atoms with Gasteiger partial charge in [0.2, 0.25) is 5.91 Å². The Morgan fingerprint density at radius 1 is 1.30 bits per heavy atom. The van der Waals surface area contributed by atoms with Crippen molar-refractivity contribution in [1.82, 2.24) is 4.90 Å². The summed E-state index contributed by atoms with van der Waals surface area (Å²) in [5, 5.41) is 0. The second-order valence-corrected chi connectivity index (χ2v) is 6.82. The van der Waals surface area contributed by atoms with E-state index < -0.39 is 0 Å². The molecule has 0 aromatic heterocycles. The van der Waals surface area contributed by atoms with Gasteiger partial charge < -0.3 is 10.6 Å². The van der Waals surface area contributed by atoms with Crippen LogP contribution >= 0.6 is 0 Å². The molecule has 1 rings (SSSR count). The Labute approximate surface area is 123 Å². The number of hydrogen-bond acceptors (Lipinski definition) is 2. The molecule has 1 aromatic carbocycles. The van der Waals surface area contributed by atoms with E-state index in [9.17, 15) is 4.79 Å². The molecule has 0 aliphatic carbocycles. The quantitative estimate of drug-likeness (QED) is 0.898. The van der Waals surface area contributed by atoms with Gasteiger partial charge in [0.1, 0.15) is 0 Å². The zero-order valence-electron chi connectivity index (χ0n) is 13.4. The summed E-state index contributed by atoms with van der Waals surface area (Å²) in [5.74, 6) is 0.0506. The summed E-state index contributed by atoms with van der Waals surface area (Å²) in [7, 11) is 1.86. The molecule has 0 saturated carbocycles. The molecule has 0 fully saturated rings. The normalized spacial score (nSPS) is 13.1. The van der Waals surface area contributed by atoms with E-state index in [4.69, 9.17) is 5.73 Å². The lowest BCUT2D eigenvalue weighted by Crippen LogP contribution is -2.38. The van der Waals surface area contributed by atoms with Gasteiger partial charge in [-0.3, -0.25) is 4.79 Å². The first-order chi connectivity index (χ1) is 9.24. The lowest BCUT2D eigenvalue weighted by atomic mass is 9.84. The Morgan fingerprint density at radius 3 is 2.40 bits per heavy atom. The summed E-state index contributed by atoms with van der Waals surface area (Å²) in [5.41, 5.74) is 8.31. The Kier molecular flexibility index (Phi) is 5.75. The predicted octanol–water partition coefficient (Wildman–Crippen LogP) is 2.96. The van der Waals surface area contributed by atoms with Gasteiger partial charge in [-0.15, -0.1) is 0 Å². The van der Waals surface area contributed by atoms with Gasteiger partial charge in [-0.1, -0.05) is 45.0 Å². The van der Waals surface area contributed by atoms with Crippen LogP contribution in [0.25, 0.3) is 0 Å². The number of carbonyl (C=O) groups excluding carboxylic acids is 1. The fourth-order valence-corrected chi connectivity index (χ4v) is 2.44. The number of amides is 1. The third-order valence-corrected chi connectivity index (χ3v) is 3.54. The summed E-state index contributed by atoms with van der Waals surface area (Å²) < 4.78 is 0. The SMILES string of the molecule is Cc1ccccc1CN(C)C(=O)C(CN)CC(C)(C)C. The van der Waals surface area contributed by atoms with Crippen LogP contribution in [-0.4, -0.2) is 24.4 Å². The molecule has 112 valence electrons. The molecule has 1 amide bonds. The number of aryl methyl sites for hydroxylation is 1. The Morgan fingerprint density at radius 2 is 1.90 bits per heavy atom. The van der Waals surface area contributed by atoms with Gasteiger partial charge in [-0.2, -0.15) is 0 Å². The van der Waals surface area contributed by atoms with Crippen molar-refractivity contribution in [3.8, 4) is 0 Å². The average Bonchev–Trinajstić information content (AvgIpc) is 2.36. The summed E-state index contributed by atoms with van der Waals surface area (Å²) in [6.07, 6.45) is 0.820. The lowest BCUT2D eigenvalue weighted by molar-refractivity contribution is -0.135. The highest BCUT2D eigenvalue weighted by molar-refractivity contribution is 5.78. The van der Waals surface area contributed by atoms with Crippen molar-refractivity contribution in [3.05, 3.63) is 35.4 Å². The van der Waals surface area contributed by atoms with Crippen LogP contribution in [0, 0.1) is 18.3 Å². The van der Waals surface area contributed by atoms with E-state index in [2.05, 4.69) is 39.8 Å². The van der Waals surface area contributed by atoms with E-state index in [-0.39, 0.29) is 17.2 Å². The molecule has 0 aliphatic rings. The fourth-order valence-electron chi connectivity index (χ4n) is 2.44. The van der Waals surface area contributed by atoms with E-state index in [0.717, 1.165) is 6.42 Å². The molecule has 2 N–H and O–H groups in total. The van der Waals surface area contributed by atoms with Crippen molar-refractivity contribution in [3.63, 3.8) is 0 Å². The highest BCUT2D eigenvalue weighted by atomic mass is 16.2. The summed E-state index contributed by atoms with van der Waals surface area (Å²) in [4.78, 5) is 14.3. The minimum atomic E-state index is -0.0935. The van der Waals surface area contributed by atoms with Gasteiger partial charge in [0.25, 0.3) is 0 Å².